The molecule has 0 amide bonds. The van der Waals surface area contributed by atoms with Crippen molar-refractivity contribution in [3.8, 4) is 0 Å². The molecule has 350 valence electrons. The molecule has 3 aliphatic carbocycles. The van der Waals surface area contributed by atoms with Crippen molar-refractivity contribution in [1.29, 1.82) is 0 Å². The lowest BCUT2D eigenvalue weighted by molar-refractivity contribution is 0.271. The van der Waals surface area contributed by atoms with Crippen molar-refractivity contribution in [3.63, 3.8) is 0 Å². The van der Waals surface area contributed by atoms with Crippen molar-refractivity contribution < 1.29 is 0 Å². The highest BCUT2D eigenvalue weighted by Gasteiger charge is 2.66. The van der Waals surface area contributed by atoms with Crippen molar-refractivity contribution in [2.75, 3.05) is 24.7 Å². The fourth-order valence-electron chi connectivity index (χ4n) is 14.6. The molecule has 0 aromatic heterocycles. The lowest BCUT2D eigenvalue weighted by atomic mass is 9.49. The van der Waals surface area contributed by atoms with E-state index in [9.17, 15) is 0 Å². The minimum absolute atomic E-state index is 0.121. The lowest BCUT2D eigenvalue weighted by Gasteiger charge is -2.65. The molecule has 7 aromatic rings. The van der Waals surface area contributed by atoms with Crippen molar-refractivity contribution in [2.24, 2.45) is 5.92 Å². The number of hydrogen-bond donors (Lipinski definition) is 1. The highest BCUT2D eigenvalue weighted by atomic mass is 31.1. The summed E-state index contributed by atoms with van der Waals surface area (Å²) in [6.45, 7) is 2.88. The van der Waals surface area contributed by atoms with Crippen LogP contribution in [0.5, 0.6) is 0 Å². The highest BCUT2D eigenvalue weighted by molar-refractivity contribution is 7.61. The third kappa shape index (κ3) is 8.24. The Morgan fingerprint density at radius 1 is 0.449 bits per heavy atom. The van der Waals surface area contributed by atoms with E-state index < -0.39 is 18.8 Å². The Morgan fingerprint density at radius 2 is 0.855 bits per heavy atom. The van der Waals surface area contributed by atoms with Crippen LogP contribution in [0.2, 0.25) is 0 Å². The third-order valence-corrected chi connectivity index (χ3v) is 21.5. The molecule has 69 heavy (non-hydrogen) atoms. The van der Waals surface area contributed by atoms with Gasteiger partial charge in [-0.3, -0.25) is 5.32 Å². The maximum Gasteiger partial charge on any atom is 0.0683 e. The van der Waals surface area contributed by atoms with Gasteiger partial charge in [-0.05, 0) is 101 Å². The van der Waals surface area contributed by atoms with Crippen LogP contribution in [-0.2, 0) is 10.8 Å². The molecule has 2 unspecified atom stereocenters. The van der Waals surface area contributed by atoms with Crippen LogP contribution in [-0.4, -0.2) is 36.2 Å². The van der Waals surface area contributed by atoms with Gasteiger partial charge in [0.15, 0.2) is 0 Å². The summed E-state index contributed by atoms with van der Waals surface area (Å²) < 4.78 is 0. The van der Waals surface area contributed by atoms with E-state index in [1.807, 2.05) is 0 Å². The van der Waals surface area contributed by atoms with Gasteiger partial charge in [0.25, 0.3) is 0 Å². The first kappa shape index (κ1) is 45.9. The van der Waals surface area contributed by atoms with E-state index in [4.69, 9.17) is 0 Å². The van der Waals surface area contributed by atoms with Gasteiger partial charge in [-0.25, -0.2) is 0 Å². The van der Waals surface area contributed by atoms with Gasteiger partial charge in [0, 0.05) is 23.9 Å². The van der Waals surface area contributed by atoms with Crippen molar-refractivity contribution in [3.05, 3.63) is 251 Å². The van der Waals surface area contributed by atoms with Crippen LogP contribution in [0.25, 0.3) is 6.08 Å². The van der Waals surface area contributed by atoms with Crippen molar-refractivity contribution >= 4 is 19.7 Å². The van der Waals surface area contributed by atoms with Crippen LogP contribution in [0.1, 0.15) is 122 Å². The maximum atomic E-state index is 3.72. The van der Waals surface area contributed by atoms with E-state index in [2.05, 4.69) is 223 Å². The van der Waals surface area contributed by atoms with Gasteiger partial charge in [-0.15, -0.1) is 0 Å². The number of benzene rings is 7. The summed E-state index contributed by atoms with van der Waals surface area (Å²) in [5, 5.41) is 3.42. The van der Waals surface area contributed by atoms with E-state index in [1.165, 1.54) is 109 Å². The lowest BCUT2D eigenvalue weighted by Crippen LogP contribution is -2.60. The summed E-state index contributed by atoms with van der Waals surface area (Å²) in [5.74, 6) is 0.121. The molecule has 0 bridgehead atoms. The van der Waals surface area contributed by atoms with Gasteiger partial charge in [0.05, 0.1) is 17.5 Å². The SMILES string of the molecule is C(=C1C(C(c2ccccc2)(c2ccccc2)c2ccccc2)CCCC1(P(C1CCCCC1)C1CCCCC1)C(c1ccccc1)(c1ccccc1)c1ccccc1)c1ccccc1N1CCNC1. The average molecular weight is 923 g/mol. The summed E-state index contributed by atoms with van der Waals surface area (Å²) in [7, 11) is -0.688. The molecular weight excluding hydrogens is 852 g/mol. The quantitative estimate of drug-likeness (QED) is 0.0916. The monoisotopic (exact) mass is 923 g/mol. The first-order valence-corrected chi connectivity index (χ1v) is 28.1. The molecular formula is C66H71N2P. The first-order chi connectivity index (χ1) is 34.3. The normalized spacial score (nSPS) is 21.4. The van der Waals surface area contributed by atoms with Gasteiger partial charge >= 0.3 is 0 Å². The Morgan fingerprint density at radius 3 is 1.28 bits per heavy atom. The van der Waals surface area contributed by atoms with Crippen molar-refractivity contribution in [1.82, 2.24) is 5.32 Å². The first-order valence-electron chi connectivity index (χ1n) is 26.6. The number of hydrogen-bond acceptors (Lipinski definition) is 2. The summed E-state index contributed by atoms with van der Waals surface area (Å²) in [6.07, 6.45) is 19.7. The van der Waals surface area contributed by atoms with Crippen molar-refractivity contribution in [2.45, 2.75) is 111 Å². The number of nitrogens with one attached hydrogen (secondary N) is 1. The number of rotatable bonds is 13. The van der Waals surface area contributed by atoms with Crippen LogP contribution in [0.3, 0.4) is 0 Å². The number of allylic oxidation sites excluding steroid dienone is 1. The average Bonchev–Trinajstić information content (AvgIpc) is 3.98. The zero-order chi connectivity index (χ0) is 46.4. The van der Waals surface area contributed by atoms with E-state index in [1.54, 1.807) is 5.57 Å². The number of para-hydroxylation sites is 1. The molecule has 2 atom stereocenters. The predicted molar refractivity (Wildman–Crippen MR) is 294 cm³/mol. The van der Waals surface area contributed by atoms with E-state index >= 15 is 0 Å². The largest absolute Gasteiger partial charge is 0.357 e. The maximum absolute atomic E-state index is 3.72. The van der Waals surface area contributed by atoms with Gasteiger partial charge in [-0.2, -0.15) is 0 Å². The van der Waals surface area contributed by atoms with Crippen LogP contribution in [0.4, 0.5) is 5.69 Å². The Labute approximate surface area is 415 Å². The molecule has 2 nitrogen and oxygen atoms in total. The molecule has 1 aliphatic heterocycles. The van der Waals surface area contributed by atoms with Crippen LogP contribution in [0.15, 0.2) is 212 Å². The Hall–Kier alpha value is -5.53. The standard InChI is InChI=1S/C66H71N2P/c1-9-29-53(30-10-1)65(54-31-11-2-12-32-54,55-33-13-3-14-34-55)61-45-27-47-64(69(59-41-21-7-22-42-59)60-43-23-8-24-44-60,62(61)50-52-28-25-26-46-63(52)68-49-48-67-51-68)66(56-35-15-4-16-36-56,57-37-17-5-18-38-57)58-39-19-6-20-40-58/h1-6,9-20,25-26,28-40,46,50,59-61,67H,7-8,21-24,27,41-45,47-49,51H2. The molecule has 0 radical (unpaired) electrons. The van der Waals surface area contributed by atoms with E-state index in [0.29, 0.717) is 11.3 Å². The smallest absolute Gasteiger partial charge is 0.0683 e. The predicted octanol–water partition coefficient (Wildman–Crippen LogP) is 16.2. The third-order valence-electron chi connectivity index (χ3n) is 17.2. The summed E-state index contributed by atoms with van der Waals surface area (Å²) in [6, 6.07) is 81.0. The second-order valence-corrected chi connectivity index (χ2v) is 23.7. The Bertz CT molecular complexity index is 2510. The number of nitrogens with zero attached hydrogens (tertiary/aromatic N) is 1. The summed E-state index contributed by atoms with van der Waals surface area (Å²) in [4.78, 5) is 2.61. The van der Waals surface area contributed by atoms with Gasteiger partial charge < -0.3 is 4.90 Å². The van der Waals surface area contributed by atoms with Crippen LogP contribution >= 0.6 is 7.92 Å². The number of anilines is 1. The topological polar surface area (TPSA) is 15.3 Å². The molecule has 4 aliphatic rings. The molecule has 0 spiro atoms. The minimum Gasteiger partial charge on any atom is -0.357 e. The molecule has 3 heteroatoms. The van der Waals surface area contributed by atoms with E-state index in [-0.39, 0.29) is 11.1 Å². The molecule has 11 rings (SSSR count). The molecule has 3 saturated carbocycles. The van der Waals surface area contributed by atoms with E-state index in [0.717, 1.165) is 39.0 Å². The van der Waals surface area contributed by atoms with Gasteiger partial charge in [0.2, 0.25) is 0 Å². The molecule has 7 aromatic carbocycles. The fourth-order valence-corrected chi connectivity index (χ4v) is 20.0. The highest BCUT2D eigenvalue weighted by Crippen LogP contribution is 2.78. The Balaban J connectivity index is 1.37. The molecule has 1 N–H and O–H groups in total. The van der Waals surface area contributed by atoms with Crippen LogP contribution < -0.4 is 10.2 Å². The van der Waals surface area contributed by atoms with Gasteiger partial charge in [-0.1, -0.05) is 265 Å². The Kier molecular flexibility index (Phi) is 13.8. The van der Waals surface area contributed by atoms with Crippen LogP contribution in [0, 0.1) is 5.92 Å². The molecule has 1 saturated heterocycles. The summed E-state index contributed by atoms with van der Waals surface area (Å²) in [5.41, 5.74) is 13.2. The van der Waals surface area contributed by atoms with Gasteiger partial charge in [0.1, 0.15) is 0 Å². The molecule has 1 heterocycles. The second kappa shape index (κ2) is 20.8. The fraction of sp³-hybridized carbons (Fsp3) is 0.333. The second-order valence-electron chi connectivity index (χ2n) is 20.6. The zero-order valence-electron chi connectivity index (χ0n) is 40.6. The zero-order valence-corrected chi connectivity index (χ0v) is 41.5. The summed E-state index contributed by atoms with van der Waals surface area (Å²) >= 11 is 0. The minimum atomic E-state index is -0.688. The molecule has 4 fully saturated rings.